The van der Waals surface area contributed by atoms with Crippen LogP contribution in [0.3, 0.4) is 0 Å². The first-order valence-corrected chi connectivity index (χ1v) is 9.15. The number of hydrogen-bond acceptors (Lipinski definition) is 7. The maximum absolute atomic E-state index is 12.5. The van der Waals surface area contributed by atoms with E-state index in [9.17, 15) is 9.59 Å². The van der Waals surface area contributed by atoms with Crippen LogP contribution in [0.25, 0.3) is 4.96 Å². The van der Waals surface area contributed by atoms with Crippen molar-refractivity contribution in [2.75, 3.05) is 19.4 Å². The van der Waals surface area contributed by atoms with Crippen molar-refractivity contribution in [1.82, 2.24) is 14.7 Å². The summed E-state index contributed by atoms with van der Waals surface area (Å²) in [5.41, 5.74) is -0.298. The SMILES string of the molecule is CSc1nc2sccn2c(=O)c1C(=O)NCC1COC(C)(C)O1. The van der Waals surface area contributed by atoms with Crippen LogP contribution in [0.5, 0.6) is 0 Å². The maximum atomic E-state index is 12.5. The number of ether oxygens (including phenoxy) is 2. The fourth-order valence-electron chi connectivity index (χ4n) is 2.36. The molecule has 124 valence electrons. The highest BCUT2D eigenvalue weighted by atomic mass is 32.2. The first-order chi connectivity index (χ1) is 10.9. The Labute approximate surface area is 141 Å². The first-order valence-electron chi connectivity index (χ1n) is 7.05. The van der Waals surface area contributed by atoms with Crippen LogP contribution in [0, 0.1) is 0 Å². The molecular formula is C14H17N3O4S2. The van der Waals surface area contributed by atoms with Crippen LogP contribution in [0.15, 0.2) is 21.4 Å². The number of nitrogens with one attached hydrogen (secondary N) is 1. The van der Waals surface area contributed by atoms with Crippen molar-refractivity contribution < 1.29 is 14.3 Å². The lowest BCUT2D eigenvalue weighted by atomic mass is 10.3. The van der Waals surface area contributed by atoms with E-state index in [-0.39, 0.29) is 23.8 Å². The van der Waals surface area contributed by atoms with Gasteiger partial charge in [0.05, 0.1) is 6.61 Å². The Morgan fingerprint density at radius 2 is 2.39 bits per heavy atom. The van der Waals surface area contributed by atoms with Crippen LogP contribution in [0.4, 0.5) is 0 Å². The van der Waals surface area contributed by atoms with Gasteiger partial charge in [-0.05, 0) is 20.1 Å². The van der Waals surface area contributed by atoms with Crippen LogP contribution in [-0.2, 0) is 9.47 Å². The minimum Gasteiger partial charge on any atom is -0.349 e. The summed E-state index contributed by atoms with van der Waals surface area (Å²) in [6.07, 6.45) is 3.18. The molecule has 2 aromatic rings. The van der Waals surface area contributed by atoms with E-state index in [0.29, 0.717) is 16.6 Å². The van der Waals surface area contributed by atoms with Crippen molar-refractivity contribution in [3.05, 3.63) is 27.5 Å². The molecule has 1 atom stereocenters. The summed E-state index contributed by atoms with van der Waals surface area (Å²) in [4.78, 5) is 29.9. The quantitative estimate of drug-likeness (QED) is 0.659. The van der Waals surface area contributed by atoms with Gasteiger partial charge in [0.15, 0.2) is 10.7 Å². The monoisotopic (exact) mass is 355 g/mol. The predicted octanol–water partition coefficient (Wildman–Crippen LogP) is 1.36. The van der Waals surface area contributed by atoms with Crippen molar-refractivity contribution in [2.24, 2.45) is 0 Å². The molecule has 1 aliphatic heterocycles. The lowest BCUT2D eigenvalue weighted by Crippen LogP contribution is -2.38. The number of nitrogens with zero attached hydrogens (tertiary/aromatic N) is 2. The highest BCUT2D eigenvalue weighted by Crippen LogP contribution is 2.22. The van der Waals surface area contributed by atoms with E-state index in [1.54, 1.807) is 17.8 Å². The van der Waals surface area contributed by atoms with Crippen molar-refractivity contribution in [3.8, 4) is 0 Å². The molecule has 9 heteroatoms. The largest absolute Gasteiger partial charge is 0.349 e. The number of carbonyl (C=O) groups excluding carboxylic acids is 1. The van der Waals surface area contributed by atoms with Crippen molar-refractivity contribution in [2.45, 2.75) is 30.8 Å². The van der Waals surface area contributed by atoms with E-state index in [1.807, 2.05) is 13.8 Å². The maximum Gasteiger partial charge on any atom is 0.272 e. The Kier molecular flexibility index (Phi) is 4.45. The lowest BCUT2D eigenvalue weighted by molar-refractivity contribution is -0.137. The molecule has 0 spiro atoms. The van der Waals surface area contributed by atoms with Crippen molar-refractivity contribution >= 4 is 34.0 Å². The van der Waals surface area contributed by atoms with Gasteiger partial charge in [0.25, 0.3) is 11.5 Å². The number of amides is 1. The van der Waals surface area contributed by atoms with Crippen LogP contribution < -0.4 is 10.9 Å². The summed E-state index contributed by atoms with van der Waals surface area (Å²) in [6.45, 7) is 4.33. The molecule has 1 fully saturated rings. The Hall–Kier alpha value is -1.42. The fourth-order valence-corrected chi connectivity index (χ4v) is 3.69. The molecule has 7 nitrogen and oxygen atoms in total. The zero-order chi connectivity index (χ0) is 16.6. The van der Waals surface area contributed by atoms with Crippen LogP contribution in [-0.4, -0.2) is 46.6 Å². The number of carbonyl (C=O) groups is 1. The predicted molar refractivity (Wildman–Crippen MR) is 88.4 cm³/mol. The van der Waals surface area contributed by atoms with Crippen molar-refractivity contribution in [1.29, 1.82) is 0 Å². The van der Waals surface area contributed by atoms with Gasteiger partial charge < -0.3 is 14.8 Å². The molecule has 1 N–H and O–H groups in total. The molecule has 3 rings (SSSR count). The van der Waals surface area contributed by atoms with Crippen LogP contribution >= 0.6 is 23.1 Å². The zero-order valence-corrected chi connectivity index (χ0v) is 14.6. The Balaban J connectivity index is 1.80. The van der Waals surface area contributed by atoms with Crippen molar-refractivity contribution in [3.63, 3.8) is 0 Å². The lowest BCUT2D eigenvalue weighted by Gasteiger charge is -2.17. The molecule has 3 heterocycles. The Morgan fingerprint density at radius 1 is 1.61 bits per heavy atom. The van der Waals surface area contributed by atoms with Gasteiger partial charge in [-0.3, -0.25) is 14.0 Å². The highest BCUT2D eigenvalue weighted by Gasteiger charge is 2.33. The molecule has 23 heavy (non-hydrogen) atoms. The second-order valence-corrected chi connectivity index (χ2v) is 7.19. The number of rotatable bonds is 4. The number of aromatic nitrogens is 2. The fraction of sp³-hybridized carbons (Fsp3) is 0.500. The molecule has 0 aliphatic carbocycles. The summed E-state index contributed by atoms with van der Waals surface area (Å²) in [5.74, 6) is -1.09. The van der Waals surface area contributed by atoms with E-state index in [0.717, 1.165) is 0 Å². The standard InChI is InChI=1S/C14H17N3O4S2/c1-14(2)20-7-8(21-14)6-15-10(18)9-11(22-3)16-13-17(12(9)19)4-5-23-13/h4-5,8H,6-7H2,1-3H3,(H,15,18). The highest BCUT2D eigenvalue weighted by molar-refractivity contribution is 7.98. The number of fused-ring (bicyclic) bond motifs is 1. The molecule has 0 radical (unpaired) electrons. The second kappa shape index (κ2) is 6.23. The molecule has 0 saturated carbocycles. The van der Waals surface area contributed by atoms with Gasteiger partial charge >= 0.3 is 0 Å². The number of thioether (sulfide) groups is 1. The third kappa shape index (κ3) is 3.27. The first kappa shape index (κ1) is 16.4. The van der Waals surface area contributed by atoms with Crippen LogP contribution in [0.1, 0.15) is 24.2 Å². The van der Waals surface area contributed by atoms with E-state index < -0.39 is 11.7 Å². The molecule has 1 amide bonds. The van der Waals surface area contributed by atoms with Gasteiger partial charge in [0, 0.05) is 18.1 Å². The van der Waals surface area contributed by atoms with Gasteiger partial charge in [-0.2, -0.15) is 0 Å². The molecule has 1 saturated heterocycles. The summed E-state index contributed by atoms with van der Waals surface area (Å²) >= 11 is 2.63. The molecule has 2 aromatic heterocycles. The van der Waals surface area contributed by atoms with Gasteiger partial charge in [-0.1, -0.05) is 0 Å². The van der Waals surface area contributed by atoms with E-state index in [2.05, 4.69) is 10.3 Å². The molecular weight excluding hydrogens is 338 g/mol. The third-order valence-corrected chi connectivity index (χ3v) is 4.85. The van der Waals surface area contributed by atoms with Gasteiger partial charge in [0.2, 0.25) is 0 Å². The van der Waals surface area contributed by atoms with Crippen LogP contribution in [0.2, 0.25) is 0 Å². The van der Waals surface area contributed by atoms with E-state index in [1.165, 1.54) is 27.5 Å². The third-order valence-electron chi connectivity index (χ3n) is 3.41. The number of thiazole rings is 1. The van der Waals surface area contributed by atoms with E-state index >= 15 is 0 Å². The van der Waals surface area contributed by atoms with Gasteiger partial charge in [-0.15, -0.1) is 23.1 Å². The van der Waals surface area contributed by atoms with Gasteiger partial charge in [0.1, 0.15) is 16.7 Å². The average Bonchev–Trinajstić information content (AvgIpc) is 3.10. The molecule has 0 bridgehead atoms. The second-order valence-electron chi connectivity index (χ2n) is 5.52. The minimum atomic E-state index is -0.642. The molecule has 0 aromatic carbocycles. The smallest absolute Gasteiger partial charge is 0.272 e. The summed E-state index contributed by atoms with van der Waals surface area (Å²) in [6, 6.07) is 0. The summed E-state index contributed by atoms with van der Waals surface area (Å²) in [7, 11) is 0. The topological polar surface area (TPSA) is 81.9 Å². The average molecular weight is 355 g/mol. The Morgan fingerprint density at radius 3 is 3.04 bits per heavy atom. The summed E-state index contributed by atoms with van der Waals surface area (Å²) in [5, 5.41) is 4.94. The van der Waals surface area contributed by atoms with E-state index in [4.69, 9.17) is 9.47 Å². The summed E-state index contributed by atoms with van der Waals surface area (Å²) < 4.78 is 12.5. The Bertz CT molecular complexity index is 799. The number of hydrogen-bond donors (Lipinski definition) is 1. The van der Waals surface area contributed by atoms with Gasteiger partial charge in [-0.25, -0.2) is 4.98 Å². The minimum absolute atomic E-state index is 0.0616. The molecule has 1 aliphatic rings. The normalized spacial score (nSPS) is 20.0. The molecule has 1 unspecified atom stereocenters. The zero-order valence-electron chi connectivity index (χ0n) is 13.0.